The molecule has 0 aromatic heterocycles. The molecule has 4 atom stereocenters. The highest BCUT2D eigenvalue weighted by Crippen LogP contribution is 2.61. The minimum atomic E-state index is -3.06. The summed E-state index contributed by atoms with van der Waals surface area (Å²) in [6, 6.07) is 0. The zero-order valence-electron chi connectivity index (χ0n) is 10.1. The van der Waals surface area contributed by atoms with E-state index in [0.29, 0.717) is 24.8 Å². The quantitative estimate of drug-likeness (QED) is 0.747. The Morgan fingerprint density at radius 3 is 2.53 bits per heavy atom. The van der Waals surface area contributed by atoms with Gasteiger partial charge in [0, 0.05) is 12.0 Å². The van der Waals surface area contributed by atoms with E-state index in [1.54, 1.807) is 0 Å². The molecule has 1 aliphatic heterocycles. The van der Waals surface area contributed by atoms with Crippen molar-refractivity contribution >= 4 is 9.84 Å². The van der Waals surface area contributed by atoms with Gasteiger partial charge < -0.3 is 10.8 Å². The predicted molar refractivity (Wildman–Crippen MR) is 65.2 cm³/mol. The van der Waals surface area contributed by atoms with Crippen molar-refractivity contribution < 1.29 is 13.5 Å². The van der Waals surface area contributed by atoms with E-state index in [2.05, 4.69) is 0 Å². The van der Waals surface area contributed by atoms with Gasteiger partial charge in [-0.2, -0.15) is 0 Å². The van der Waals surface area contributed by atoms with Crippen LogP contribution in [0.5, 0.6) is 0 Å². The highest BCUT2D eigenvalue weighted by atomic mass is 32.2. The van der Waals surface area contributed by atoms with Crippen molar-refractivity contribution in [3.05, 3.63) is 0 Å². The molecule has 4 nitrogen and oxygen atoms in total. The van der Waals surface area contributed by atoms with Crippen LogP contribution in [-0.2, 0) is 9.84 Å². The molecule has 3 rings (SSSR count). The van der Waals surface area contributed by atoms with Gasteiger partial charge >= 0.3 is 0 Å². The molecule has 1 saturated heterocycles. The predicted octanol–water partition coefficient (Wildman–Crippen LogP) is 0.301. The second kappa shape index (κ2) is 3.45. The molecule has 0 aromatic rings. The van der Waals surface area contributed by atoms with Gasteiger partial charge in [0.05, 0.1) is 17.1 Å². The molecule has 98 valence electrons. The van der Waals surface area contributed by atoms with Gasteiger partial charge in [-0.15, -0.1) is 0 Å². The molecule has 2 bridgehead atoms. The Morgan fingerprint density at radius 2 is 2.12 bits per heavy atom. The van der Waals surface area contributed by atoms with Gasteiger partial charge in [-0.3, -0.25) is 0 Å². The molecule has 2 saturated carbocycles. The fourth-order valence-corrected chi connectivity index (χ4v) is 6.63. The zero-order valence-corrected chi connectivity index (χ0v) is 10.9. The van der Waals surface area contributed by atoms with E-state index in [0.717, 1.165) is 19.3 Å². The molecule has 0 radical (unpaired) electrons. The number of aliphatic hydroxyl groups is 1. The molecular weight excluding hydrogens is 238 g/mol. The van der Waals surface area contributed by atoms with Crippen molar-refractivity contribution in [3.8, 4) is 0 Å². The van der Waals surface area contributed by atoms with Gasteiger partial charge in [0.25, 0.3) is 0 Å². The summed E-state index contributed by atoms with van der Waals surface area (Å²) in [6.07, 6.45) is 4.80. The number of nitrogens with two attached hydrogens (primary N) is 1. The molecule has 0 aromatic carbocycles. The van der Waals surface area contributed by atoms with Gasteiger partial charge in [0.15, 0.2) is 9.84 Å². The van der Waals surface area contributed by atoms with Crippen LogP contribution in [0, 0.1) is 17.3 Å². The van der Waals surface area contributed by atoms with Crippen LogP contribution >= 0.6 is 0 Å². The van der Waals surface area contributed by atoms with Crippen LogP contribution in [0.2, 0.25) is 0 Å². The molecule has 4 unspecified atom stereocenters. The summed E-state index contributed by atoms with van der Waals surface area (Å²) in [5, 5.41) is 10.8. The zero-order chi connectivity index (χ0) is 12.3. The fourth-order valence-electron chi connectivity index (χ4n) is 4.68. The molecule has 2 aliphatic carbocycles. The van der Waals surface area contributed by atoms with Gasteiger partial charge in [-0.1, -0.05) is 6.42 Å². The van der Waals surface area contributed by atoms with Crippen LogP contribution in [0.3, 0.4) is 0 Å². The molecule has 1 heterocycles. The molecule has 3 aliphatic rings. The van der Waals surface area contributed by atoms with Crippen molar-refractivity contribution in [2.45, 2.75) is 37.7 Å². The van der Waals surface area contributed by atoms with Crippen molar-refractivity contribution in [2.75, 3.05) is 18.1 Å². The molecular formula is C12H21NO3S. The molecule has 0 spiro atoms. The lowest BCUT2D eigenvalue weighted by atomic mass is 9.62. The van der Waals surface area contributed by atoms with Crippen LogP contribution in [-0.4, -0.2) is 37.2 Å². The van der Waals surface area contributed by atoms with E-state index in [1.807, 2.05) is 0 Å². The number of hydrogen-bond acceptors (Lipinski definition) is 4. The fraction of sp³-hybridized carbons (Fsp3) is 1.00. The standard InChI is InChI=1S/C12H21NO3S/c13-7-11(6-9-1-2-10(11)5-9)12(14)3-4-17(15,16)8-12/h9-10,14H,1-8,13H2. The van der Waals surface area contributed by atoms with Crippen LogP contribution < -0.4 is 5.73 Å². The van der Waals surface area contributed by atoms with Crippen molar-refractivity contribution in [2.24, 2.45) is 23.0 Å². The van der Waals surface area contributed by atoms with E-state index in [9.17, 15) is 13.5 Å². The summed E-state index contributed by atoms with van der Waals surface area (Å²) in [6.45, 7) is 0.431. The molecule has 0 amide bonds. The Labute approximate surface area is 102 Å². The average molecular weight is 259 g/mol. The van der Waals surface area contributed by atoms with E-state index in [4.69, 9.17) is 5.73 Å². The van der Waals surface area contributed by atoms with E-state index in [1.165, 1.54) is 6.42 Å². The highest BCUT2D eigenvalue weighted by Gasteiger charge is 2.63. The molecule has 3 fully saturated rings. The average Bonchev–Trinajstić information content (AvgIpc) is 2.91. The number of sulfone groups is 1. The van der Waals surface area contributed by atoms with Crippen molar-refractivity contribution in [1.82, 2.24) is 0 Å². The summed E-state index contributed by atoms with van der Waals surface area (Å²) in [5.41, 5.74) is 4.58. The van der Waals surface area contributed by atoms with Crippen LogP contribution in [0.4, 0.5) is 0 Å². The third kappa shape index (κ3) is 1.52. The maximum atomic E-state index is 11.7. The first-order valence-corrected chi connectivity index (χ1v) is 8.36. The lowest BCUT2D eigenvalue weighted by Gasteiger charge is -2.47. The Hall–Kier alpha value is -0.130. The third-order valence-electron chi connectivity index (χ3n) is 5.55. The maximum absolute atomic E-state index is 11.7. The van der Waals surface area contributed by atoms with E-state index < -0.39 is 15.4 Å². The van der Waals surface area contributed by atoms with Crippen molar-refractivity contribution in [1.29, 1.82) is 0 Å². The summed E-state index contributed by atoms with van der Waals surface area (Å²) >= 11 is 0. The van der Waals surface area contributed by atoms with Crippen LogP contribution in [0.1, 0.15) is 32.1 Å². The largest absolute Gasteiger partial charge is 0.388 e. The maximum Gasteiger partial charge on any atom is 0.153 e. The monoisotopic (exact) mass is 259 g/mol. The Kier molecular flexibility index (Phi) is 2.42. The lowest BCUT2D eigenvalue weighted by Crippen LogP contribution is -2.56. The first kappa shape index (κ1) is 11.9. The minimum Gasteiger partial charge on any atom is -0.388 e. The summed E-state index contributed by atoms with van der Waals surface area (Å²) in [4.78, 5) is 0. The first-order chi connectivity index (χ1) is 7.91. The lowest BCUT2D eigenvalue weighted by molar-refractivity contribution is -0.0902. The van der Waals surface area contributed by atoms with E-state index in [-0.39, 0.29) is 16.9 Å². The minimum absolute atomic E-state index is 0.0690. The molecule has 5 heteroatoms. The Bertz CT molecular complexity index is 435. The summed E-state index contributed by atoms with van der Waals surface area (Å²) in [5.74, 6) is 1.16. The summed E-state index contributed by atoms with van der Waals surface area (Å²) in [7, 11) is -3.06. The number of fused-ring (bicyclic) bond motifs is 2. The number of hydrogen-bond donors (Lipinski definition) is 2. The SMILES string of the molecule is NCC1(C2(O)CCS(=O)(=O)C2)CC2CCC1C2. The van der Waals surface area contributed by atoms with Gasteiger partial charge in [-0.05, 0) is 37.5 Å². The smallest absolute Gasteiger partial charge is 0.153 e. The molecule has 17 heavy (non-hydrogen) atoms. The Morgan fingerprint density at radius 1 is 1.35 bits per heavy atom. The van der Waals surface area contributed by atoms with Gasteiger partial charge in [0.2, 0.25) is 0 Å². The second-order valence-electron chi connectivity index (χ2n) is 6.31. The van der Waals surface area contributed by atoms with E-state index >= 15 is 0 Å². The van der Waals surface area contributed by atoms with Crippen LogP contribution in [0.15, 0.2) is 0 Å². The second-order valence-corrected chi connectivity index (χ2v) is 8.50. The summed E-state index contributed by atoms with van der Waals surface area (Å²) < 4.78 is 23.3. The van der Waals surface area contributed by atoms with Crippen LogP contribution in [0.25, 0.3) is 0 Å². The Balaban J connectivity index is 1.97. The normalized spacial score (nSPS) is 52.1. The molecule has 3 N–H and O–H groups in total. The highest BCUT2D eigenvalue weighted by molar-refractivity contribution is 7.91. The van der Waals surface area contributed by atoms with Gasteiger partial charge in [0.1, 0.15) is 0 Å². The van der Waals surface area contributed by atoms with Crippen molar-refractivity contribution in [3.63, 3.8) is 0 Å². The topological polar surface area (TPSA) is 80.4 Å². The van der Waals surface area contributed by atoms with Gasteiger partial charge in [-0.25, -0.2) is 8.42 Å². The third-order valence-corrected chi connectivity index (χ3v) is 7.30. The number of rotatable bonds is 2. The first-order valence-electron chi connectivity index (χ1n) is 6.54.